The molecular weight excluding hydrogens is 491 g/mol. The number of benzene rings is 1. The van der Waals surface area contributed by atoms with Gasteiger partial charge < -0.3 is 20.1 Å². The molecule has 7 heteroatoms. The lowest BCUT2D eigenvalue weighted by atomic mass is 10.1. The number of rotatable bonds is 10. The van der Waals surface area contributed by atoms with Crippen molar-refractivity contribution in [1.82, 2.24) is 15.5 Å². The van der Waals surface area contributed by atoms with Gasteiger partial charge >= 0.3 is 0 Å². The predicted molar refractivity (Wildman–Crippen MR) is 136 cm³/mol. The van der Waals surface area contributed by atoms with E-state index in [2.05, 4.69) is 74.4 Å². The van der Waals surface area contributed by atoms with Crippen LogP contribution in [-0.2, 0) is 22.6 Å². The lowest BCUT2D eigenvalue weighted by Gasteiger charge is -2.34. The van der Waals surface area contributed by atoms with Crippen molar-refractivity contribution in [1.29, 1.82) is 0 Å². The lowest BCUT2D eigenvalue weighted by molar-refractivity contribution is -0.0284. The first kappa shape index (κ1) is 27.1. The Hall–Kier alpha value is -0.900. The highest BCUT2D eigenvalue weighted by Crippen LogP contribution is 2.09. The monoisotopic (exact) mass is 532 g/mol. The van der Waals surface area contributed by atoms with Gasteiger partial charge in [-0.1, -0.05) is 38.1 Å². The fraction of sp³-hybridized carbons (Fsp3) is 0.696. The van der Waals surface area contributed by atoms with Crippen molar-refractivity contribution in [3.8, 4) is 0 Å². The zero-order valence-corrected chi connectivity index (χ0v) is 21.6. The molecule has 0 saturated carbocycles. The van der Waals surface area contributed by atoms with E-state index in [1.54, 1.807) is 0 Å². The Morgan fingerprint density at radius 1 is 1.17 bits per heavy atom. The number of nitrogens with one attached hydrogen (secondary N) is 2. The minimum Gasteiger partial charge on any atom is -0.374 e. The van der Waals surface area contributed by atoms with Gasteiger partial charge in [0.2, 0.25) is 0 Å². The molecule has 172 valence electrons. The van der Waals surface area contributed by atoms with E-state index in [1.807, 2.05) is 0 Å². The molecule has 1 aromatic carbocycles. The molecule has 0 bridgehead atoms. The third kappa shape index (κ3) is 10.9. The fourth-order valence-electron chi connectivity index (χ4n) is 3.31. The molecule has 1 saturated heterocycles. The van der Waals surface area contributed by atoms with Crippen molar-refractivity contribution >= 4 is 29.9 Å². The summed E-state index contributed by atoms with van der Waals surface area (Å²) in [4.78, 5) is 7.23. The van der Waals surface area contributed by atoms with E-state index in [0.29, 0.717) is 19.1 Å². The molecule has 1 aliphatic rings. The summed E-state index contributed by atoms with van der Waals surface area (Å²) >= 11 is 0. The van der Waals surface area contributed by atoms with Crippen molar-refractivity contribution in [3.63, 3.8) is 0 Å². The fourth-order valence-corrected chi connectivity index (χ4v) is 3.31. The standard InChI is InChI=1S/C23H40N4O2.HI/c1-6-24-23(26-14-22-16-27(11-12-28-22)15-18(2)3)25-13-20-7-9-21(10-8-20)17-29-19(4)5;/h7-10,18-19,22H,6,11-17H2,1-5H3,(H2,24,25,26);1H. The SMILES string of the molecule is CCNC(=NCc1ccc(COC(C)C)cc1)NCC1CN(CC(C)C)CCO1.I. The predicted octanol–water partition coefficient (Wildman–Crippen LogP) is 3.64. The van der Waals surface area contributed by atoms with Crippen LogP contribution in [0.1, 0.15) is 45.7 Å². The molecule has 1 unspecified atom stereocenters. The zero-order chi connectivity index (χ0) is 21.1. The maximum absolute atomic E-state index is 5.94. The van der Waals surface area contributed by atoms with Gasteiger partial charge in [-0.3, -0.25) is 4.90 Å². The Balaban J connectivity index is 0.00000450. The Labute approximate surface area is 200 Å². The Morgan fingerprint density at radius 3 is 2.50 bits per heavy atom. The first-order chi connectivity index (χ1) is 14.0. The molecule has 0 amide bonds. The van der Waals surface area contributed by atoms with Gasteiger partial charge in [0.05, 0.1) is 32.0 Å². The highest BCUT2D eigenvalue weighted by Gasteiger charge is 2.21. The summed E-state index contributed by atoms with van der Waals surface area (Å²) in [6, 6.07) is 8.49. The summed E-state index contributed by atoms with van der Waals surface area (Å²) in [5.41, 5.74) is 2.38. The van der Waals surface area contributed by atoms with Gasteiger partial charge in [-0.25, -0.2) is 4.99 Å². The molecule has 30 heavy (non-hydrogen) atoms. The van der Waals surface area contributed by atoms with Crippen molar-refractivity contribution < 1.29 is 9.47 Å². The molecular formula is C23H41IN4O2. The first-order valence-corrected chi connectivity index (χ1v) is 11.0. The number of halogens is 1. The van der Waals surface area contributed by atoms with Crippen LogP contribution in [0.4, 0.5) is 0 Å². The minimum atomic E-state index is 0. The summed E-state index contributed by atoms with van der Waals surface area (Å²) in [6.45, 7) is 17.6. The summed E-state index contributed by atoms with van der Waals surface area (Å²) in [5, 5.41) is 6.78. The van der Waals surface area contributed by atoms with Gasteiger partial charge in [-0.05, 0) is 37.8 Å². The maximum atomic E-state index is 5.94. The second-order valence-electron chi connectivity index (χ2n) is 8.40. The summed E-state index contributed by atoms with van der Waals surface area (Å²) < 4.78 is 11.6. The largest absolute Gasteiger partial charge is 0.374 e. The highest BCUT2D eigenvalue weighted by molar-refractivity contribution is 14.0. The Kier molecular flexibility index (Phi) is 13.6. The lowest BCUT2D eigenvalue weighted by Crippen LogP contribution is -2.50. The molecule has 1 atom stereocenters. The van der Waals surface area contributed by atoms with Gasteiger partial charge in [0.1, 0.15) is 0 Å². The number of hydrogen-bond acceptors (Lipinski definition) is 4. The normalized spacial score (nSPS) is 17.8. The third-order valence-corrected chi connectivity index (χ3v) is 4.71. The van der Waals surface area contributed by atoms with E-state index in [1.165, 1.54) is 11.1 Å². The smallest absolute Gasteiger partial charge is 0.191 e. The van der Waals surface area contributed by atoms with E-state index >= 15 is 0 Å². The average Bonchev–Trinajstić information content (AvgIpc) is 2.69. The van der Waals surface area contributed by atoms with E-state index in [-0.39, 0.29) is 36.2 Å². The van der Waals surface area contributed by atoms with E-state index in [9.17, 15) is 0 Å². The first-order valence-electron chi connectivity index (χ1n) is 11.0. The van der Waals surface area contributed by atoms with E-state index in [4.69, 9.17) is 14.5 Å². The van der Waals surface area contributed by atoms with E-state index < -0.39 is 0 Å². The van der Waals surface area contributed by atoms with Gasteiger partial charge in [0.25, 0.3) is 0 Å². The van der Waals surface area contributed by atoms with Gasteiger partial charge in [0.15, 0.2) is 5.96 Å². The van der Waals surface area contributed by atoms with Crippen LogP contribution in [0.3, 0.4) is 0 Å². The van der Waals surface area contributed by atoms with Crippen LogP contribution < -0.4 is 10.6 Å². The molecule has 0 radical (unpaired) electrons. The summed E-state index contributed by atoms with van der Waals surface area (Å²) in [7, 11) is 0. The number of hydrogen-bond donors (Lipinski definition) is 2. The molecule has 2 N–H and O–H groups in total. The maximum Gasteiger partial charge on any atom is 0.191 e. The number of aliphatic imine (C=N–C) groups is 1. The molecule has 1 heterocycles. The number of guanidine groups is 1. The van der Waals surface area contributed by atoms with Crippen LogP contribution in [0.5, 0.6) is 0 Å². The van der Waals surface area contributed by atoms with Crippen LogP contribution in [0.25, 0.3) is 0 Å². The molecule has 1 aliphatic heterocycles. The average molecular weight is 533 g/mol. The topological polar surface area (TPSA) is 58.1 Å². The molecule has 2 rings (SSSR count). The molecule has 0 spiro atoms. The van der Waals surface area contributed by atoms with Gasteiger partial charge in [-0.15, -0.1) is 24.0 Å². The molecule has 1 fully saturated rings. The molecule has 0 aliphatic carbocycles. The second-order valence-corrected chi connectivity index (χ2v) is 8.40. The van der Waals surface area contributed by atoms with E-state index in [0.717, 1.165) is 45.3 Å². The van der Waals surface area contributed by atoms with Crippen LogP contribution in [0, 0.1) is 5.92 Å². The second kappa shape index (κ2) is 15.0. The Morgan fingerprint density at radius 2 is 1.87 bits per heavy atom. The number of ether oxygens (including phenoxy) is 2. The van der Waals surface area contributed by atoms with Crippen LogP contribution in [0.15, 0.2) is 29.3 Å². The summed E-state index contributed by atoms with van der Waals surface area (Å²) in [5.74, 6) is 1.52. The molecule has 6 nitrogen and oxygen atoms in total. The quantitative estimate of drug-likeness (QED) is 0.274. The van der Waals surface area contributed by atoms with Crippen molar-refractivity contribution in [3.05, 3.63) is 35.4 Å². The number of morpholine rings is 1. The summed E-state index contributed by atoms with van der Waals surface area (Å²) in [6.07, 6.45) is 0.449. The van der Waals surface area contributed by atoms with Gasteiger partial charge in [0, 0.05) is 32.7 Å². The van der Waals surface area contributed by atoms with Crippen molar-refractivity contribution in [2.45, 2.75) is 60.0 Å². The molecule has 1 aromatic rings. The van der Waals surface area contributed by atoms with Gasteiger partial charge in [-0.2, -0.15) is 0 Å². The molecule has 0 aromatic heterocycles. The van der Waals surface area contributed by atoms with Crippen molar-refractivity contribution in [2.24, 2.45) is 10.9 Å². The highest BCUT2D eigenvalue weighted by atomic mass is 127. The van der Waals surface area contributed by atoms with Crippen LogP contribution in [0.2, 0.25) is 0 Å². The Bertz CT molecular complexity index is 608. The minimum absolute atomic E-state index is 0. The third-order valence-electron chi connectivity index (χ3n) is 4.71. The number of nitrogens with zero attached hydrogens (tertiary/aromatic N) is 2. The van der Waals surface area contributed by atoms with Crippen molar-refractivity contribution in [2.75, 3.05) is 39.3 Å². The zero-order valence-electron chi connectivity index (χ0n) is 19.3. The van der Waals surface area contributed by atoms with Crippen LogP contribution >= 0.6 is 24.0 Å². The van der Waals surface area contributed by atoms with Crippen LogP contribution in [-0.4, -0.2) is 62.4 Å².